The maximum absolute atomic E-state index is 12.7. The van der Waals surface area contributed by atoms with Gasteiger partial charge in [0.1, 0.15) is 6.10 Å². The molecule has 0 saturated carbocycles. The van der Waals surface area contributed by atoms with E-state index < -0.39 is 51.4 Å². The first kappa shape index (κ1) is 23.8. The highest BCUT2D eigenvalue weighted by molar-refractivity contribution is 7.87. The molecule has 2 aromatic carbocycles. The molecule has 0 bridgehead atoms. The summed E-state index contributed by atoms with van der Waals surface area (Å²) in [5.41, 5.74) is 1.67. The first-order valence-corrected chi connectivity index (χ1v) is 12.3. The minimum absolute atomic E-state index is 0.102. The Bertz CT molecular complexity index is 1090. The largest absolute Gasteiger partial charge is 0.396 e. The number of rotatable bonds is 8. The SMILES string of the molecule is Cc1ccc(S(=O)(=O)O[C@@H]2[C@@H](OS(=O)(=O)c3ccc(C)cc3)[C@H](CCO)O[C@H]2O)cc1. The quantitative estimate of drug-likeness (QED) is 0.544. The molecule has 2 aromatic rings. The smallest absolute Gasteiger partial charge is 0.297 e. The molecule has 1 saturated heterocycles. The van der Waals surface area contributed by atoms with E-state index in [1.165, 1.54) is 24.3 Å². The number of ether oxygens (including phenoxy) is 1. The summed E-state index contributed by atoms with van der Waals surface area (Å²) in [7, 11) is -8.71. The predicted molar refractivity (Wildman–Crippen MR) is 109 cm³/mol. The molecular weight excluding hydrogens is 448 g/mol. The third-order valence-corrected chi connectivity index (χ3v) is 7.44. The normalized spacial score (nSPS) is 24.4. The van der Waals surface area contributed by atoms with Gasteiger partial charge in [-0.3, -0.25) is 8.37 Å². The zero-order valence-electron chi connectivity index (χ0n) is 16.9. The molecule has 2 N–H and O–H groups in total. The van der Waals surface area contributed by atoms with Gasteiger partial charge in [-0.25, -0.2) is 0 Å². The van der Waals surface area contributed by atoms with Crippen molar-refractivity contribution in [2.75, 3.05) is 6.61 Å². The van der Waals surface area contributed by atoms with E-state index in [4.69, 9.17) is 13.1 Å². The minimum atomic E-state index is -4.37. The van der Waals surface area contributed by atoms with Crippen molar-refractivity contribution in [2.24, 2.45) is 0 Å². The third-order valence-electron chi connectivity index (χ3n) is 4.79. The molecule has 0 aliphatic carbocycles. The van der Waals surface area contributed by atoms with E-state index in [9.17, 15) is 27.0 Å². The van der Waals surface area contributed by atoms with Gasteiger partial charge in [0.25, 0.3) is 20.2 Å². The highest BCUT2D eigenvalue weighted by Crippen LogP contribution is 2.32. The lowest BCUT2D eigenvalue weighted by atomic mass is 10.1. The number of aryl methyl sites for hydroxylation is 2. The highest BCUT2D eigenvalue weighted by atomic mass is 32.2. The lowest BCUT2D eigenvalue weighted by Crippen LogP contribution is -2.40. The molecule has 0 unspecified atom stereocenters. The van der Waals surface area contributed by atoms with Gasteiger partial charge in [0, 0.05) is 6.61 Å². The molecule has 1 heterocycles. The van der Waals surface area contributed by atoms with E-state index in [-0.39, 0.29) is 16.2 Å². The monoisotopic (exact) mass is 472 g/mol. The van der Waals surface area contributed by atoms with Gasteiger partial charge >= 0.3 is 0 Å². The van der Waals surface area contributed by atoms with Gasteiger partial charge in [-0.1, -0.05) is 35.4 Å². The lowest BCUT2D eigenvalue weighted by molar-refractivity contribution is -0.123. The molecule has 1 fully saturated rings. The molecule has 170 valence electrons. The van der Waals surface area contributed by atoms with Crippen molar-refractivity contribution in [3.05, 3.63) is 59.7 Å². The number of hydrogen-bond donors (Lipinski definition) is 2. The van der Waals surface area contributed by atoms with Crippen LogP contribution >= 0.6 is 0 Å². The molecule has 0 amide bonds. The Hall–Kier alpha value is -1.86. The number of aliphatic hydroxyl groups excluding tert-OH is 2. The Labute approximate surface area is 181 Å². The Kier molecular flexibility index (Phi) is 7.16. The van der Waals surface area contributed by atoms with Crippen LogP contribution in [0.25, 0.3) is 0 Å². The van der Waals surface area contributed by atoms with Crippen LogP contribution in [-0.4, -0.2) is 58.3 Å². The Morgan fingerprint density at radius 3 is 1.65 bits per heavy atom. The zero-order valence-corrected chi connectivity index (χ0v) is 18.5. The average molecular weight is 473 g/mol. The summed E-state index contributed by atoms with van der Waals surface area (Å²) >= 11 is 0. The Morgan fingerprint density at radius 1 is 0.806 bits per heavy atom. The van der Waals surface area contributed by atoms with Gasteiger partial charge in [-0.2, -0.15) is 16.8 Å². The summed E-state index contributed by atoms with van der Waals surface area (Å²) in [5.74, 6) is 0. The van der Waals surface area contributed by atoms with Gasteiger partial charge < -0.3 is 14.9 Å². The maximum atomic E-state index is 12.7. The number of aliphatic hydroxyl groups is 2. The zero-order chi connectivity index (χ0) is 22.8. The molecule has 0 spiro atoms. The number of hydrogen-bond acceptors (Lipinski definition) is 9. The minimum Gasteiger partial charge on any atom is -0.396 e. The van der Waals surface area contributed by atoms with Crippen LogP contribution in [0.2, 0.25) is 0 Å². The van der Waals surface area contributed by atoms with Gasteiger partial charge in [0.05, 0.1) is 15.9 Å². The molecule has 1 aliphatic heterocycles. The first-order valence-electron chi connectivity index (χ1n) is 9.48. The van der Waals surface area contributed by atoms with Crippen LogP contribution in [0, 0.1) is 13.8 Å². The van der Waals surface area contributed by atoms with Gasteiger partial charge in [0.15, 0.2) is 12.4 Å². The summed E-state index contributed by atoms with van der Waals surface area (Å²) in [6, 6.07) is 11.7. The summed E-state index contributed by atoms with van der Waals surface area (Å²) < 4.78 is 66.5. The topological polar surface area (TPSA) is 136 Å². The van der Waals surface area contributed by atoms with Crippen molar-refractivity contribution < 1.29 is 40.2 Å². The maximum Gasteiger partial charge on any atom is 0.297 e. The highest BCUT2D eigenvalue weighted by Gasteiger charge is 2.50. The van der Waals surface area contributed by atoms with Crippen LogP contribution in [0.15, 0.2) is 58.3 Å². The average Bonchev–Trinajstić information content (AvgIpc) is 2.97. The number of benzene rings is 2. The van der Waals surface area contributed by atoms with E-state index in [1.54, 1.807) is 38.1 Å². The summed E-state index contributed by atoms with van der Waals surface area (Å²) in [6.07, 6.45) is -6.17. The van der Waals surface area contributed by atoms with E-state index in [1.807, 2.05) is 0 Å². The Balaban J connectivity index is 1.90. The van der Waals surface area contributed by atoms with Crippen molar-refractivity contribution in [3.63, 3.8) is 0 Å². The fraction of sp³-hybridized carbons (Fsp3) is 0.400. The van der Waals surface area contributed by atoms with Crippen LogP contribution in [0.1, 0.15) is 17.5 Å². The Morgan fingerprint density at radius 2 is 1.23 bits per heavy atom. The van der Waals surface area contributed by atoms with Crippen LogP contribution in [0.3, 0.4) is 0 Å². The van der Waals surface area contributed by atoms with Crippen molar-refractivity contribution in [1.82, 2.24) is 0 Å². The van der Waals surface area contributed by atoms with Gasteiger partial charge in [-0.05, 0) is 44.5 Å². The van der Waals surface area contributed by atoms with Crippen LogP contribution in [0.4, 0.5) is 0 Å². The standard InChI is InChI=1S/C20H24O9S2/c1-13-3-7-15(8-4-13)30(23,24)28-18-17(11-12-21)27-20(22)19(18)29-31(25,26)16-9-5-14(2)6-10-16/h3-10,17-22H,11-12H2,1-2H3/t17-,18-,19+,20+/m0/s1. The van der Waals surface area contributed by atoms with Crippen LogP contribution < -0.4 is 0 Å². The van der Waals surface area contributed by atoms with Crippen LogP contribution in [0.5, 0.6) is 0 Å². The molecule has 3 rings (SSSR count). The molecule has 9 nitrogen and oxygen atoms in total. The van der Waals surface area contributed by atoms with E-state index >= 15 is 0 Å². The van der Waals surface area contributed by atoms with Crippen molar-refractivity contribution in [3.8, 4) is 0 Å². The van der Waals surface area contributed by atoms with E-state index in [2.05, 4.69) is 0 Å². The third kappa shape index (κ3) is 5.50. The predicted octanol–water partition coefficient (Wildman–Crippen LogP) is 1.25. The lowest BCUT2D eigenvalue weighted by Gasteiger charge is -2.22. The molecule has 1 aliphatic rings. The molecule has 0 aromatic heterocycles. The van der Waals surface area contributed by atoms with E-state index in [0.717, 1.165) is 11.1 Å². The summed E-state index contributed by atoms with van der Waals surface area (Å²) in [5, 5.41) is 19.5. The second-order valence-electron chi connectivity index (χ2n) is 7.23. The van der Waals surface area contributed by atoms with Gasteiger partial charge in [0.2, 0.25) is 0 Å². The van der Waals surface area contributed by atoms with Gasteiger partial charge in [-0.15, -0.1) is 0 Å². The molecule has 31 heavy (non-hydrogen) atoms. The van der Waals surface area contributed by atoms with Crippen molar-refractivity contribution in [2.45, 2.75) is 54.7 Å². The van der Waals surface area contributed by atoms with Crippen molar-refractivity contribution in [1.29, 1.82) is 0 Å². The fourth-order valence-corrected chi connectivity index (χ4v) is 5.28. The molecule has 4 atom stereocenters. The molecule has 0 radical (unpaired) electrons. The molecular formula is C20H24O9S2. The first-order chi connectivity index (χ1) is 14.5. The second kappa shape index (κ2) is 9.33. The molecule has 11 heteroatoms. The fourth-order valence-electron chi connectivity index (χ4n) is 3.10. The second-order valence-corrected chi connectivity index (χ2v) is 10.4. The van der Waals surface area contributed by atoms with Crippen LogP contribution in [-0.2, 0) is 33.3 Å². The summed E-state index contributed by atoms with van der Waals surface area (Å²) in [4.78, 5) is -0.321. The van der Waals surface area contributed by atoms with E-state index in [0.29, 0.717) is 0 Å². The van der Waals surface area contributed by atoms with Crippen molar-refractivity contribution >= 4 is 20.2 Å². The summed E-state index contributed by atoms with van der Waals surface area (Å²) in [6.45, 7) is 3.17.